The first kappa shape index (κ1) is 29.0. The Hall–Kier alpha value is -4.52. The van der Waals surface area contributed by atoms with Crippen molar-refractivity contribution in [3.8, 4) is 22.6 Å². The van der Waals surface area contributed by atoms with E-state index in [2.05, 4.69) is 25.3 Å². The van der Waals surface area contributed by atoms with Gasteiger partial charge in [0.1, 0.15) is 17.3 Å². The number of nitrogens with one attached hydrogen (secondary N) is 2. The first-order chi connectivity index (χ1) is 19.9. The highest BCUT2D eigenvalue weighted by atomic mass is 32.2. The van der Waals surface area contributed by atoms with E-state index in [1.54, 1.807) is 36.7 Å². The minimum Gasteiger partial charge on any atom is -0.506 e. The lowest BCUT2D eigenvalue weighted by Crippen LogP contribution is -2.27. The molecule has 0 saturated carbocycles. The molecule has 8 nitrogen and oxygen atoms in total. The molecule has 0 saturated heterocycles. The smallest absolute Gasteiger partial charge is 0.506 e. The molecule has 0 bridgehead atoms. The molecule has 5 rings (SSSR count). The summed E-state index contributed by atoms with van der Waals surface area (Å²) < 4.78 is 56.6. The fraction of sp³-hybridized carbons (Fsp3) is 0.207. The van der Waals surface area contributed by atoms with Crippen LogP contribution in [-0.2, 0) is 5.41 Å². The van der Waals surface area contributed by atoms with Gasteiger partial charge in [-0.15, -0.1) is 13.2 Å². The number of carbonyl (C=O) groups is 1. The predicted octanol–water partition coefficient (Wildman–Crippen LogP) is 7.68. The van der Waals surface area contributed by atoms with Crippen molar-refractivity contribution in [3.05, 3.63) is 78.4 Å². The number of aromatic hydroxyl groups is 1. The fourth-order valence-corrected chi connectivity index (χ4v) is 5.31. The Balaban J connectivity index is 1.46. The van der Waals surface area contributed by atoms with Crippen molar-refractivity contribution >= 4 is 40.5 Å². The van der Waals surface area contributed by atoms with Crippen LogP contribution in [0.2, 0.25) is 0 Å². The van der Waals surface area contributed by atoms with Gasteiger partial charge in [0.25, 0.3) is 0 Å². The third-order valence-corrected chi connectivity index (χ3v) is 7.20. The van der Waals surface area contributed by atoms with Crippen molar-refractivity contribution in [2.24, 2.45) is 0 Å². The Morgan fingerprint density at radius 1 is 1.07 bits per heavy atom. The number of amides is 2. The third kappa shape index (κ3) is 5.91. The molecule has 3 N–H and O–H groups in total. The highest BCUT2D eigenvalue weighted by Gasteiger charge is 2.42. The summed E-state index contributed by atoms with van der Waals surface area (Å²) >= 11 is 1.36. The van der Waals surface area contributed by atoms with Crippen LogP contribution in [0.5, 0.6) is 11.5 Å². The van der Waals surface area contributed by atoms with Gasteiger partial charge >= 0.3 is 12.4 Å². The molecule has 0 fully saturated rings. The minimum absolute atomic E-state index is 0.236. The second kappa shape index (κ2) is 11.0. The van der Waals surface area contributed by atoms with Gasteiger partial charge in [-0.1, -0.05) is 37.7 Å². The molecule has 42 heavy (non-hydrogen) atoms. The number of urea groups is 1. The van der Waals surface area contributed by atoms with Gasteiger partial charge in [-0.2, -0.15) is 0 Å². The van der Waals surface area contributed by atoms with E-state index < -0.39 is 29.4 Å². The van der Waals surface area contributed by atoms with Crippen molar-refractivity contribution in [2.45, 2.75) is 30.8 Å². The number of phenolic OH excluding ortho intramolecular Hbond substituents is 1. The minimum atomic E-state index is -4.83. The Morgan fingerprint density at radius 3 is 2.38 bits per heavy atom. The summed E-state index contributed by atoms with van der Waals surface area (Å²) in [5.74, 6) is -1.30. The quantitative estimate of drug-likeness (QED) is 0.119. The van der Waals surface area contributed by atoms with Crippen molar-refractivity contribution < 1.29 is 32.2 Å². The van der Waals surface area contributed by atoms with E-state index in [1.807, 2.05) is 25.0 Å². The molecule has 4 aromatic rings. The maximum Gasteiger partial charge on any atom is 0.573 e. The molecule has 2 amide bonds. The van der Waals surface area contributed by atoms with E-state index in [0.717, 1.165) is 18.2 Å². The lowest BCUT2D eigenvalue weighted by Gasteiger charge is -2.25. The number of nitrogens with zero attached hydrogens (tertiary/aromatic N) is 3. The lowest BCUT2D eigenvalue weighted by molar-refractivity contribution is -0.274. The number of carbonyl (C=O) groups excluding carboxylic acids is 1. The van der Waals surface area contributed by atoms with Gasteiger partial charge in [-0.3, -0.25) is 0 Å². The largest absolute Gasteiger partial charge is 0.573 e. The van der Waals surface area contributed by atoms with E-state index in [4.69, 9.17) is 0 Å². The first-order valence-corrected chi connectivity index (χ1v) is 13.8. The molecule has 218 valence electrons. The summed E-state index contributed by atoms with van der Waals surface area (Å²) in [6.45, 7) is 4.21. The Kier molecular flexibility index (Phi) is 7.62. The zero-order chi connectivity index (χ0) is 30.2. The molecular formula is C29H25F4N5O3S. The number of aromatic nitrogens is 2. The average Bonchev–Trinajstić information content (AvgIpc) is 3.21. The second-order valence-corrected chi connectivity index (χ2v) is 10.8. The molecule has 1 aliphatic heterocycles. The molecule has 0 radical (unpaired) electrons. The maximum atomic E-state index is 15.4. The predicted molar refractivity (Wildman–Crippen MR) is 153 cm³/mol. The summed E-state index contributed by atoms with van der Waals surface area (Å²) in [4.78, 5) is 23.3. The Bertz CT molecular complexity index is 1630. The van der Waals surface area contributed by atoms with Gasteiger partial charge < -0.3 is 25.4 Å². The number of thioether (sulfide) groups is 1. The molecule has 1 aromatic heterocycles. The molecule has 0 spiro atoms. The van der Waals surface area contributed by atoms with Crippen LogP contribution in [0, 0.1) is 5.82 Å². The van der Waals surface area contributed by atoms with Crippen molar-refractivity contribution in [1.82, 2.24) is 9.97 Å². The third-order valence-electron chi connectivity index (χ3n) is 6.62. The van der Waals surface area contributed by atoms with E-state index in [9.17, 15) is 23.1 Å². The number of benzene rings is 3. The van der Waals surface area contributed by atoms with Gasteiger partial charge in [0.15, 0.2) is 5.16 Å². The summed E-state index contributed by atoms with van der Waals surface area (Å²) in [7, 11) is 0. The molecular weight excluding hydrogens is 574 g/mol. The molecule has 0 unspecified atom stereocenters. The molecule has 0 atom stereocenters. The maximum absolute atomic E-state index is 15.4. The lowest BCUT2D eigenvalue weighted by atomic mass is 9.82. The molecule has 2 heterocycles. The van der Waals surface area contributed by atoms with Crippen LogP contribution in [0.3, 0.4) is 0 Å². The zero-order valence-corrected chi connectivity index (χ0v) is 23.4. The van der Waals surface area contributed by atoms with Crippen LogP contribution < -0.4 is 20.3 Å². The van der Waals surface area contributed by atoms with Gasteiger partial charge in [0.2, 0.25) is 0 Å². The van der Waals surface area contributed by atoms with Gasteiger partial charge in [-0.25, -0.2) is 19.2 Å². The molecule has 13 heteroatoms. The van der Waals surface area contributed by atoms with E-state index >= 15 is 4.39 Å². The van der Waals surface area contributed by atoms with Crippen molar-refractivity contribution in [3.63, 3.8) is 0 Å². The van der Waals surface area contributed by atoms with E-state index in [-0.39, 0.29) is 17.0 Å². The number of fused-ring (bicyclic) bond motifs is 1. The topological polar surface area (TPSA) is 99.6 Å². The fourth-order valence-electron chi connectivity index (χ4n) is 4.99. The van der Waals surface area contributed by atoms with Crippen molar-refractivity contribution in [1.29, 1.82) is 0 Å². The Morgan fingerprint density at radius 2 is 1.74 bits per heavy atom. The van der Waals surface area contributed by atoms with Crippen LogP contribution in [-0.4, -0.2) is 40.3 Å². The van der Waals surface area contributed by atoms with Gasteiger partial charge in [0.05, 0.1) is 17.1 Å². The summed E-state index contributed by atoms with van der Waals surface area (Å²) in [5.41, 5.74) is 2.22. The molecule has 3 aromatic carbocycles. The monoisotopic (exact) mass is 599 g/mol. The highest BCUT2D eigenvalue weighted by Crippen LogP contribution is 2.54. The highest BCUT2D eigenvalue weighted by molar-refractivity contribution is 7.98. The van der Waals surface area contributed by atoms with E-state index in [1.165, 1.54) is 23.9 Å². The number of phenols is 1. The Labute approximate surface area is 242 Å². The average molecular weight is 600 g/mol. The number of alkyl halides is 3. The summed E-state index contributed by atoms with van der Waals surface area (Å²) in [6, 6.07) is 12.0. The second-order valence-electron chi connectivity index (χ2n) is 10.1. The molecule has 1 aliphatic rings. The number of hydrogen-bond donors (Lipinski definition) is 3. The standard InChI is InChI=1S/C29H25F4N5O3S/c1-28(2)15-38(25-22(39)12-19(30)23(24(25)28)16-13-34-27(42-3)35-14-16)21-7-5-4-6-20(21)37-26(40)36-17-8-10-18(11-9-17)41-29(31,32)33/h4-14,39H,15H2,1-3H3,(H2,36,37,40). The number of hydrogen-bond acceptors (Lipinski definition) is 7. The SMILES string of the molecule is CSc1ncc(-c2c(F)cc(O)c3c2C(C)(C)CN3c2ccccc2NC(=O)Nc2ccc(OC(F)(F)F)cc2)cn1. The van der Waals surface area contributed by atoms with Gasteiger partial charge in [-0.05, 0) is 48.2 Å². The first-order valence-electron chi connectivity index (χ1n) is 12.6. The number of anilines is 4. The van der Waals surface area contributed by atoms with Crippen LogP contribution >= 0.6 is 11.8 Å². The van der Waals surface area contributed by atoms with Crippen molar-refractivity contribution in [2.75, 3.05) is 28.3 Å². The zero-order valence-electron chi connectivity index (χ0n) is 22.6. The number of halogens is 4. The van der Waals surface area contributed by atoms with E-state index in [0.29, 0.717) is 39.9 Å². The normalized spacial score (nSPS) is 13.9. The number of ether oxygens (including phenoxy) is 1. The number of rotatable bonds is 6. The molecule has 0 aliphatic carbocycles. The number of para-hydroxylation sites is 2. The van der Waals surface area contributed by atoms with Crippen LogP contribution in [0.15, 0.2) is 72.1 Å². The summed E-state index contributed by atoms with van der Waals surface area (Å²) in [5, 5.41) is 16.9. The summed E-state index contributed by atoms with van der Waals surface area (Å²) in [6.07, 6.45) is 0.111. The van der Waals surface area contributed by atoms with Gasteiger partial charge in [0, 0.05) is 47.2 Å². The van der Waals surface area contributed by atoms with Crippen LogP contribution in [0.25, 0.3) is 11.1 Å². The van der Waals surface area contributed by atoms with Crippen LogP contribution in [0.4, 0.5) is 45.1 Å². The van der Waals surface area contributed by atoms with Crippen LogP contribution in [0.1, 0.15) is 19.4 Å².